The van der Waals surface area contributed by atoms with Gasteiger partial charge in [-0.2, -0.15) is 0 Å². The highest BCUT2D eigenvalue weighted by Crippen LogP contribution is 2.17. The number of carbonyl (C=O) groups excluding carboxylic acids is 1. The van der Waals surface area contributed by atoms with Gasteiger partial charge in [0, 0.05) is 5.69 Å². The smallest absolute Gasteiger partial charge is 0.320 e. The average Bonchev–Trinajstić information content (AvgIpc) is 2.39. The van der Waals surface area contributed by atoms with E-state index < -0.39 is 12.0 Å². The summed E-state index contributed by atoms with van der Waals surface area (Å²) in [5, 5.41) is 11.8. The SMILES string of the molecule is CCC(C(=O)O)N(C)CC(=O)Nc1ccc(C(C)C)cc1. The van der Waals surface area contributed by atoms with Crippen LogP contribution < -0.4 is 5.32 Å². The molecule has 5 nitrogen and oxygen atoms in total. The summed E-state index contributed by atoms with van der Waals surface area (Å²) in [5.74, 6) is -0.676. The largest absolute Gasteiger partial charge is 0.480 e. The molecule has 5 heteroatoms. The summed E-state index contributed by atoms with van der Waals surface area (Å²) in [6.45, 7) is 6.06. The molecule has 0 aliphatic carbocycles. The highest BCUT2D eigenvalue weighted by molar-refractivity contribution is 5.92. The molecule has 0 saturated carbocycles. The Morgan fingerprint density at radius 3 is 2.24 bits per heavy atom. The molecule has 0 radical (unpaired) electrons. The lowest BCUT2D eigenvalue weighted by Gasteiger charge is -2.22. The lowest BCUT2D eigenvalue weighted by Crippen LogP contribution is -2.42. The van der Waals surface area contributed by atoms with Crippen molar-refractivity contribution in [1.82, 2.24) is 4.90 Å². The molecule has 0 saturated heterocycles. The zero-order valence-corrected chi connectivity index (χ0v) is 13.1. The molecule has 0 aliphatic rings. The molecule has 1 rings (SSSR count). The van der Waals surface area contributed by atoms with E-state index in [4.69, 9.17) is 5.11 Å². The highest BCUT2D eigenvalue weighted by atomic mass is 16.4. The second-order valence-electron chi connectivity index (χ2n) is 5.50. The number of rotatable bonds is 7. The van der Waals surface area contributed by atoms with Gasteiger partial charge in [0.1, 0.15) is 6.04 Å². The number of carboxylic acids is 1. The molecule has 1 atom stereocenters. The van der Waals surface area contributed by atoms with Crippen LogP contribution in [0.4, 0.5) is 5.69 Å². The number of anilines is 1. The Kier molecular flexibility index (Phi) is 6.37. The lowest BCUT2D eigenvalue weighted by atomic mass is 10.0. The van der Waals surface area contributed by atoms with Crippen molar-refractivity contribution in [2.75, 3.05) is 18.9 Å². The third-order valence-electron chi connectivity index (χ3n) is 3.46. The fraction of sp³-hybridized carbons (Fsp3) is 0.500. The second kappa shape index (κ2) is 7.78. The minimum atomic E-state index is -0.908. The quantitative estimate of drug-likeness (QED) is 0.810. The normalized spacial score (nSPS) is 12.5. The van der Waals surface area contributed by atoms with E-state index >= 15 is 0 Å². The van der Waals surface area contributed by atoms with Crippen molar-refractivity contribution < 1.29 is 14.7 Å². The third kappa shape index (κ3) is 5.19. The standard InChI is InChI=1S/C16H24N2O3/c1-5-14(16(20)21)18(4)10-15(19)17-13-8-6-12(7-9-13)11(2)3/h6-9,11,14H,5,10H2,1-4H3,(H,17,19)(H,20,21). The first kappa shape index (κ1) is 17.2. The van der Waals surface area contributed by atoms with Gasteiger partial charge in [0.15, 0.2) is 0 Å². The summed E-state index contributed by atoms with van der Waals surface area (Å²) in [6.07, 6.45) is 0.461. The number of nitrogens with zero attached hydrogens (tertiary/aromatic N) is 1. The zero-order valence-electron chi connectivity index (χ0n) is 13.1. The molecule has 2 N–H and O–H groups in total. The monoisotopic (exact) mass is 292 g/mol. The van der Waals surface area contributed by atoms with E-state index in [0.717, 1.165) is 5.69 Å². The van der Waals surface area contributed by atoms with Crippen molar-refractivity contribution >= 4 is 17.6 Å². The van der Waals surface area contributed by atoms with Gasteiger partial charge >= 0.3 is 5.97 Å². The molecule has 0 aliphatic heterocycles. The molecule has 0 aromatic heterocycles. The van der Waals surface area contributed by atoms with E-state index in [1.54, 1.807) is 18.9 Å². The number of aliphatic carboxylic acids is 1. The van der Waals surface area contributed by atoms with Gasteiger partial charge in [-0.1, -0.05) is 32.9 Å². The van der Waals surface area contributed by atoms with Crippen molar-refractivity contribution in [1.29, 1.82) is 0 Å². The van der Waals surface area contributed by atoms with Crippen LogP contribution in [0.15, 0.2) is 24.3 Å². The Bertz CT molecular complexity index is 483. The van der Waals surface area contributed by atoms with E-state index in [-0.39, 0.29) is 12.5 Å². The summed E-state index contributed by atoms with van der Waals surface area (Å²) < 4.78 is 0. The first-order chi connectivity index (χ1) is 9.85. The van der Waals surface area contributed by atoms with Crippen molar-refractivity contribution in [3.8, 4) is 0 Å². The van der Waals surface area contributed by atoms with Crippen molar-refractivity contribution in [3.05, 3.63) is 29.8 Å². The summed E-state index contributed by atoms with van der Waals surface area (Å²) in [6, 6.07) is 7.05. The number of amides is 1. The van der Waals surface area contributed by atoms with Gasteiger partial charge in [0.25, 0.3) is 0 Å². The van der Waals surface area contributed by atoms with Crippen LogP contribution in [-0.4, -0.2) is 41.5 Å². The molecular formula is C16H24N2O3. The molecule has 116 valence electrons. The molecule has 1 unspecified atom stereocenters. The summed E-state index contributed by atoms with van der Waals surface area (Å²) in [5.41, 5.74) is 1.93. The minimum Gasteiger partial charge on any atom is -0.480 e. The number of likely N-dealkylation sites (N-methyl/N-ethyl adjacent to an activating group) is 1. The van der Waals surface area contributed by atoms with Crippen LogP contribution >= 0.6 is 0 Å². The molecule has 0 heterocycles. The summed E-state index contributed by atoms with van der Waals surface area (Å²) >= 11 is 0. The van der Waals surface area contributed by atoms with Gasteiger partial charge in [-0.15, -0.1) is 0 Å². The molecule has 1 amide bonds. The van der Waals surface area contributed by atoms with Gasteiger partial charge in [0.05, 0.1) is 6.54 Å². The van der Waals surface area contributed by atoms with Crippen LogP contribution in [-0.2, 0) is 9.59 Å². The predicted molar refractivity (Wildman–Crippen MR) is 83.5 cm³/mol. The Balaban J connectivity index is 2.59. The fourth-order valence-corrected chi connectivity index (χ4v) is 2.16. The molecule has 0 spiro atoms. The minimum absolute atomic E-state index is 0.0523. The second-order valence-corrected chi connectivity index (χ2v) is 5.50. The molecule has 0 bridgehead atoms. The first-order valence-electron chi connectivity index (χ1n) is 7.18. The molecular weight excluding hydrogens is 268 g/mol. The number of carbonyl (C=O) groups is 2. The van der Waals surface area contributed by atoms with E-state index in [9.17, 15) is 9.59 Å². The Morgan fingerprint density at radius 2 is 1.81 bits per heavy atom. The van der Waals surface area contributed by atoms with E-state index in [1.807, 2.05) is 24.3 Å². The summed E-state index contributed by atoms with van der Waals surface area (Å²) in [7, 11) is 1.64. The number of hydrogen-bond acceptors (Lipinski definition) is 3. The zero-order chi connectivity index (χ0) is 16.0. The Labute approximate surface area is 126 Å². The number of hydrogen-bond donors (Lipinski definition) is 2. The van der Waals surface area contributed by atoms with Gasteiger partial charge < -0.3 is 10.4 Å². The van der Waals surface area contributed by atoms with Gasteiger partial charge in [-0.25, -0.2) is 0 Å². The Morgan fingerprint density at radius 1 is 1.24 bits per heavy atom. The van der Waals surface area contributed by atoms with Crippen LogP contribution in [0.25, 0.3) is 0 Å². The maximum atomic E-state index is 11.9. The summed E-state index contributed by atoms with van der Waals surface area (Å²) in [4.78, 5) is 24.5. The number of nitrogens with one attached hydrogen (secondary N) is 1. The highest BCUT2D eigenvalue weighted by Gasteiger charge is 2.22. The fourth-order valence-electron chi connectivity index (χ4n) is 2.16. The topological polar surface area (TPSA) is 69.6 Å². The van der Waals surface area contributed by atoms with E-state index in [2.05, 4.69) is 19.2 Å². The van der Waals surface area contributed by atoms with Crippen LogP contribution in [0.1, 0.15) is 38.7 Å². The van der Waals surface area contributed by atoms with Crippen molar-refractivity contribution in [3.63, 3.8) is 0 Å². The molecule has 21 heavy (non-hydrogen) atoms. The van der Waals surface area contributed by atoms with Gasteiger partial charge in [-0.3, -0.25) is 14.5 Å². The predicted octanol–water partition coefficient (Wildman–Crippen LogP) is 2.54. The van der Waals surface area contributed by atoms with Gasteiger partial charge in [-0.05, 0) is 37.1 Å². The van der Waals surface area contributed by atoms with Crippen molar-refractivity contribution in [2.45, 2.75) is 39.2 Å². The number of carboxylic acid groups (broad SMARTS) is 1. The van der Waals surface area contributed by atoms with E-state index in [0.29, 0.717) is 12.3 Å². The van der Waals surface area contributed by atoms with Crippen LogP contribution in [0.2, 0.25) is 0 Å². The maximum absolute atomic E-state index is 11.9. The van der Waals surface area contributed by atoms with Crippen LogP contribution in [0.3, 0.4) is 0 Å². The number of benzene rings is 1. The molecule has 1 aromatic rings. The van der Waals surface area contributed by atoms with Gasteiger partial charge in [0.2, 0.25) is 5.91 Å². The molecule has 1 aromatic carbocycles. The van der Waals surface area contributed by atoms with Crippen LogP contribution in [0, 0.1) is 0 Å². The third-order valence-corrected chi connectivity index (χ3v) is 3.46. The average molecular weight is 292 g/mol. The van der Waals surface area contributed by atoms with Crippen LogP contribution in [0.5, 0.6) is 0 Å². The lowest BCUT2D eigenvalue weighted by molar-refractivity contribution is -0.143. The van der Waals surface area contributed by atoms with Crippen molar-refractivity contribution in [2.24, 2.45) is 0 Å². The Hall–Kier alpha value is -1.88. The van der Waals surface area contributed by atoms with E-state index in [1.165, 1.54) is 5.56 Å². The first-order valence-corrected chi connectivity index (χ1v) is 7.18. The maximum Gasteiger partial charge on any atom is 0.320 e. The molecule has 0 fully saturated rings.